The first-order chi connectivity index (χ1) is 16.0. The predicted molar refractivity (Wildman–Crippen MR) is 122 cm³/mol. The Hall–Kier alpha value is -3.06. The number of phenolic OH excluding ortho intramolecular Hbond substituents is 1. The minimum absolute atomic E-state index is 0.00166. The van der Waals surface area contributed by atoms with Gasteiger partial charge in [-0.3, -0.25) is 4.79 Å². The number of esters is 1. The Bertz CT molecular complexity index is 986. The van der Waals surface area contributed by atoms with Gasteiger partial charge in [-0.05, 0) is 37.0 Å². The minimum atomic E-state index is -0.860. The summed E-state index contributed by atoms with van der Waals surface area (Å²) in [6.45, 7) is 2.11. The summed E-state index contributed by atoms with van der Waals surface area (Å²) in [5.41, 5.74) is 2.14. The van der Waals surface area contributed by atoms with E-state index in [1.165, 1.54) is 7.11 Å². The van der Waals surface area contributed by atoms with Gasteiger partial charge in [-0.1, -0.05) is 49.2 Å². The summed E-state index contributed by atoms with van der Waals surface area (Å²) in [7, 11) is 1.48. The fourth-order valence-corrected chi connectivity index (χ4v) is 4.75. The Morgan fingerprint density at radius 1 is 1.12 bits per heavy atom. The molecule has 0 saturated heterocycles. The van der Waals surface area contributed by atoms with Gasteiger partial charge in [-0.15, -0.1) is 0 Å². The Morgan fingerprint density at radius 3 is 2.52 bits per heavy atom. The number of methoxy groups -OCH3 is 1. The third-order valence-electron chi connectivity index (χ3n) is 6.48. The molecule has 0 spiro atoms. The Morgan fingerprint density at radius 2 is 1.85 bits per heavy atom. The van der Waals surface area contributed by atoms with Crippen molar-refractivity contribution in [3.8, 4) is 11.5 Å². The quantitative estimate of drug-likeness (QED) is 0.640. The number of amides is 1. The fourth-order valence-electron chi connectivity index (χ4n) is 4.75. The SMILES string of the molecule is CCOC(=O)[C@@H]1Cc2c(ccc(OC)c2O)CN1C(=O)[C@@H](OC1CCCC1)c1ccccc1. The second-order valence-electron chi connectivity index (χ2n) is 8.53. The number of phenols is 1. The van der Waals surface area contributed by atoms with Crippen LogP contribution in [-0.2, 0) is 32.0 Å². The van der Waals surface area contributed by atoms with Crippen molar-refractivity contribution < 1.29 is 28.9 Å². The number of fused-ring (bicyclic) bond motifs is 1. The van der Waals surface area contributed by atoms with E-state index in [0.29, 0.717) is 11.3 Å². The monoisotopic (exact) mass is 453 g/mol. The molecule has 2 aliphatic rings. The molecule has 1 N–H and O–H groups in total. The lowest BCUT2D eigenvalue weighted by atomic mass is 9.91. The number of carbonyl (C=O) groups excluding carboxylic acids is 2. The Balaban J connectivity index is 1.69. The second kappa shape index (κ2) is 10.3. The molecule has 0 bridgehead atoms. The van der Waals surface area contributed by atoms with Crippen LogP contribution in [0.15, 0.2) is 42.5 Å². The van der Waals surface area contributed by atoms with Gasteiger partial charge in [0, 0.05) is 18.5 Å². The fraction of sp³-hybridized carbons (Fsp3) is 0.462. The van der Waals surface area contributed by atoms with E-state index in [0.717, 1.165) is 36.8 Å². The van der Waals surface area contributed by atoms with Crippen LogP contribution in [-0.4, -0.2) is 47.7 Å². The van der Waals surface area contributed by atoms with Crippen LogP contribution in [0.2, 0.25) is 0 Å². The van der Waals surface area contributed by atoms with E-state index >= 15 is 0 Å². The van der Waals surface area contributed by atoms with Crippen LogP contribution in [0.4, 0.5) is 0 Å². The number of rotatable bonds is 7. The first-order valence-electron chi connectivity index (χ1n) is 11.6. The second-order valence-corrected chi connectivity index (χ2v) is 8.53. The molecule has 0 radical (unpaired) electrons. The van der Waals surface area contributed by atoms with Crippen LogP contribution in [0.3, 0.4) is 0 Å². The van der Waals surface area contributed by atoms with Crippen LogP contribution in [0.1, 0.15) is 55.4 Å². The maximum absolute atomic E-state index is 13.9. The van der Waals surface area contributed by atoms with Gasteiger partial charge < -0.3 is 24.2 Å². The number of aromatic hydroxyl groups is 1. The standard InChI is InChI=1S/C26H31NO6/c1-3-32-26(30)21-15-20-18(13-14-22(31-2)23(20)28)16-27(21)25(29)24(17-9-5-4-6-10-17)33-19-11-7-8-12-19/h4-6,9-10,13-14,19,21,24,28H,3,7-8,11-12,15-16H2,1-2H3/t21-,24-/m0/s1. The minimum Gasteiger partial charge on any atom is -0.504 e. The molecule has 7 heteroatoms. The van der Waals surface area contributed by atoms with Crippen molar-refractivity contribution in [2.75, 3.05) is 13.7 Å². The van der Waals surface area contributed by atoms with Crippen molar-refractivity contribution in [3.05, 3.63) is 59.2 Å². The summed E-state index contributed by atoms with van der Waals surface area (Å²) in [5, 5.41) is 10.7. The molecule has 4 rings (SSSR count). The summed E-state index contributed by atoms with van der Waals surface area (Å²) < 4.78 is 16.9. The molecular weight excluding hydrogens is 422 g/mol. The molecule has 176 valence electrons. The van der Waals surface area contributed by atoms with Gasteiger partial charge in [0.05, 0.1) is 19.8 Å². The smallest absolute Gasteiger partial charge is 0.329 e. The zero-order valence-electron chi connectivity index (χ0n) is 19.2. The number of hydrogen-bond donors (Lipinski definition) is 1. The number of hydrogen-bond acceptors (Lipinski definition) is 6. The molecule has 7 nitrogen and oxygen atoms in total. The van der Waals surface area contributed by atoms with Crippen LogP contribution >= 0.6 is 0 Å². The van der Waals surface area contributed by atoms with Crippen LogP contribution in [0.5, 0.6) is 11.5 Å². The summed E-state index contributed by atoms with van der Waals surface area (Å²) >= 11 is 0. The predicted octanol–water partition coefficient (Wildman–Crippen LogP) is 3.92. The van der Waals surface area contributed by atoms with Gasteiger partial charge in [0.1, 0.15) is 6.04 Å². The lowest BCUT2D eigenvalue weighted by Crippen LogP contribution is -2.51. The third-order valence-corrected chi connectivity index (χ3v) is 6.48. The van der Waals surface area contributed by atoms with Gasteiger partial charge in [0.25, 0.3) is 5.91 Å². The van der Waals surface area contributed by atoms with Crippen molar-refractivity contribution in [2.24, 2.45) is 0 Å². The number of nitrogens with zero attached hydrogens (tertiary/aromatic N) is 1. The average molecular weight is 454 g/mol. The first-order valence-corrected chi connectivity index (χ1v) is 11.6. The lowest BCUT2D eigenvalue weighted by Gasteiger charge is -2.38. The van der Waals surface area contributed by atoms with Gasteiger partial charge in [-0.2, -0.15) is 0 Å². The van der Waals surface area contributed by atoms with E-state index in [9.17, 15) is 14.7 Å². The van der Waals surface area contributed by atoms with Crippen molar-refractivity contribution in [1.82, 2.24) is 4.90 Å². The van der Waals surface area contributed by atoms with Crippen LogP contribution < -0.4 is 4.74 Å². The highest BCUT2D eigenvalue weighted by atomic mass is 16.5. The molecule has 2 atom stereocenters. The molecule has 33 heavy (non-hydrogen) atoms. The summed E-state index contributed by atoms with van der Waals surface area (Å²) in [6.07, 6.45) is 3.38. The molecule has 1 aliphatic heterocycles. The van der Waals surface area contributed by atoms with Crippen molar-refractivity contribution in [2.45, 2.75) is 63.8 Å². The summed E-state index contributed by atoms with van der Waals surface area (Å²) in [6, 6.07) is 12.1. The Labute approximate surface area is 194 Å². The van der Waals surface area contributed by atoms with E-state index in [4.69, 9.17) is 14.2 Å². The molecule has 1 fully saturated rings. The van der Waals surface area contributed by atoms with Crippen molar-refractivity contribution >= 4 is 11.9 Å². The highest BCUT2D eigenvalue weighted by molar-refractivity contribution is 5.89. The van der Waals surface area contributed by atoms with Gasteiger partial charge >= 0.3 is 5.97 Å². The van der Waals surface area contributed by atoms with E-state index in [2.05, 4.69) is 0 Å². The summed E-state index contributed by atoms with van der Waals surface area (Å²) in [5.74, 6) is -0.431. The van der Waals surface area contributed by atoms with E-state index < -0.39 is 18.1 Å². The largest absolute Gasteiger partial charge is 0.504 e. The lowest BCUT2D eigenvalue weighted by molar-refractivity contribution is -0.163. The molecule has 2 aromatic rings. The molecule has 0 aromatic heterocycles. The normalized spacial score (nSPS) is 19.1. The maximum Gasteiger partial charge on any atom is 0.329 e. The topological polar surface area (TPSA) is 85.3 Å². The molecule has 0 unspecified atom stereocenters. The highest BCUT2D eigenvalue weighted by Crippen LogP contribution is 2.39. The third kappa shape index (κ3) is 4.83. The van der Waals surface area contributed by atoms with Crippen molar-refractivity contribution in [1.29, 1.82) is 0 Å². The van der Waals surface area contributed by atoms with Gasteiger partial charge in [0.15, 0.2) is 17.6 Å². The highest BCUT2D eigenvalue weighted by Gasteiger charge is 2.41. The number of carbonyl (C=O) groups is 2. The van der Waals surface area contributed by atoms with Crippen LogP contribution in [0.25, 0.3) is 0 Å². The average Bonchev–Trinajstić information content (AvgIpc) is 3.36. The molecule has 1 aliphatic carbocycles. The molecule has 1 saturated carbocycles. The van der Waals surface area contributed by atoms with E-state index in [1.54, 1.807) is 17.9 Å². The zero-order valence-corrected chi connectivity index (χ0v) is 19.2. The molecule has 2 aromatic carbocycles. The number of ether oxygens (including phenoxy) is 3. The molecule has 1 heterocycles. The Kier molecular flexibility index (Phi) is 7.18. The molecule has 1 amide bonds. The molecular formula is C26H31NO6. The van der Waals surface area contributed by atoms with Crippen molar-refractivity contribution in [3.63, 3.8) is 0 Å². The van der Waals surface area contributed by atoms with Gasteiger partial charge in [-0.25, -0.2) is 4.79 Å². The maximum atomic E-state index is 13.9. The number of benzene rings is 2. The summed E-state index contributed by atoms with van der Waals surface area (Å²) in [4.78, 5) is 28.4. The van der Waals surface area contributed by atoms with E-state index in [-0.39, 0.29) is 37.3 Å². The first kappa shape index (κ1) is 23.1. The van der Waals surface area contributed by atoms with Gasteiger partial charge in [0.2, 0.25) is 0 Å². The zero-order chi connectivity index (χ0) is 23.4. The van der Waals surface area contributed by atoms with Crippen LogP contribution in [0, 0.1) is 0 Å². The van der Waals surface area contributed by atoms with E-state index in [1.807, 2.05) is 36.4 Å².